The van der Waals surface area contributed by atoms with Gasteiger partial charge in [0.15, 0.2) is 0 Å². The van der Waals surface area contributed by atoms with Gasteiger partial charge in [-0.2, -0.15) is 0 Å². The lowest BCUT2D eigenvalue weighted by atomic mass is 9.85. The molecular weight excluding hydrogens is 442 g/mol. The number of benzene rings is 2. The van der Waals surface area contributed by atoms with Gasteiger partial charge in [-0.15, -0.1) is 0 Å². The molecule has 3 aromatic rings. The van der Waals surface area contributed by atoms with Crippen LogP contribution in [0.2, 0.25) is 0 Å². The third kappa shape index (κ3) is 2.01. The highest BCUT2D eigenvalue weighted by Gasteiger charge is 2.40. The Bertz CT molecular complexity index is 1020. The van der Waals surface area contributed by atoms with Crippen LogP contribution in [0.3, 0.4) is 0 Å². The van der Waals surface area contributed by atoms with Crippen LogP contribution in [0.4, 0.5) is 0 Å². The van der Waals surface area contributed by atoms with Gasteiger partial charge >= 0.3 is 0 Å². The summed E-state index contributed by atoms with van der Waals surface area (Å²) >= 11 is 6.46. The molecule has 0 fully saturated rings. The molecule has 1 aliphatic rings. The van der Waals surface area contributed by atoms with Gasteiger partial charge in [0.05, 0.1) is 15.6 Å². The predicted molar refractivity (Wildman–Crippen MR) is 92.3 cm³/mol. The zero-order valence-corrected chi connectivity index (χ0v) is 15.0. The van der Waals surface area contributed by atoms with Crippen LogP contribution in [-0.4, -0.2) is 21.8 Å². The Morgan fingerprint density at radius 1 is 0.917 bits per heavy atom. The molecule has 1 heterocycles. The Hall–Kier alpha value is -2.25. The van der Waals surface area contributed by atoms with Gasteiger partial charge in [0.2, 0.25) is 17.3 Å². The van der Waals surface area contributed by atoms with Crippen LogP contribution in [0, 0.1) is 0 Å². The quantitative estimate of drug-likeness (QED) is 0.468. The van der Waals surface area contributed by atoms with Crippen molar-refractivity contribution in [3.8, 4) is 17.0 Å². The fraction of sp³-hybridized carbons (Fsp3) is 0. The molecule has 0 saturated heterocycles. The Labute approximate surface area is 152 Å². The van der Waals surface area contributed by atoms with E-state index in [1.807, 2.05) is 6.07 Å². The van der Waals surface area contributed by atoms with E-state index in [0.29, 0.717) is 20.2 Å². The van der Waals surface area contributed by atoms with Crippen molar-refractivity contribution in [1.29, 1.82) is 0 Å². The van der Waals surface area contributed by atoms with E-state index in [-0.39, 0.29) is 28.2 Å². The largest absolute Gasteiger partial charge is 0.506 e. The van der Waals surface area contributed by atoms with Crippen LogP contribution in [0.25, 0.3) is 11.3 Å². The molecule has 2 aromatic carbocycles. The maximum absolute atomic E-state index is 13.0. The fourth-order valence-corrected chi connectivity index (χ4v) is 4.08. The van der Waals surface area contributed by atoms with Gasteiger partial charge in [0, 0.05) is 10.0 Å². The van der Waals surface area contributed by atoms with E-state index in [2.05, 4.69) is 37.0 Å². The minimum Gasteiger partial charge on any atom is -0.506 e. The third-order valence-corrected chi connectivity index (χ3v) is 5.06. The highest BCUT2D eigenvalue weighted by Crippen LogP contribution is 2.43. The Kier molecular flexibility index (Phi) is 3.43. The average molecular weight is 449 g/mol. The lowest BCUT2D eigenvalue weighted by Gasteiger charge is -2.17. The smallest absolute Gasteiger partial charge is 0.236 e. The Balaban J connectivity index is 2.02. The molecule has 0 aliphatic heterocycles. The van der Waals surface area contributed by atoms with Crippen molar-refractivity contribution < 1.29 is 19.2 Å². The molecule has 4 rings (SSSR count). The molecule has 0 saturated carbocycles. The Morgan fingerprint density at radius 2 is 1.62 bits per heavy atom. The molecule has 1 N–H and O–H groups in total. The first-order valence-corrected chi connectivity index (χ1v) is 8.44. The molecule has 1 aromatic heterocycles. The summed E-state index contributed by atoms with van der Waals surface area (Å²) in [7, 11) is 0. The molecule has 0 unspecified atom stereocenters. The first kappa shape index (κ1) is 15.3. The molecule has 0 atom stereocenters. The number of carbonyl (C=O) groups is 2. The number of hydrogen-bond donors (Lipinski definition) is 1. The van der Waals surface area contributed by atoms with Crippen LogP contribution in [-0.2, 0) is 0 Å². The first-order chi connectivity index (χ1) is 11.5. The maximum Gasteiger partial charge on any atom is 0.236 e. The second-order valence-electron chi connectivity index (χ2n) is 5.20. The monoisotopic (exact) mass is 447 g/mol. The molecule has 5 nitrogen and oxygen atoms in total. The van der Waals surface area contributed by atoms with Gasteiger partial charge < -0.3 is 9.63 Å². The Morgan fingerprint density at radius 3 is 2.33 bits per heavy atom. The van der Waals surface area contributed by atoms with Crippen molar-refractivity contribution in [2.75, 3.05) is 0 Å². The summed E-state index contributed by atoms with van der Waals surface area (Å²) in [5.41, 5.74) is 1.10. The van der Waals surface area contributed by atoms with Gasteiger partial charge in [-0.25, -0.2) is 0 Å². The van der Waals surface area contributed by atoms with Crippen molar-refractivity contribution in [2.45, 2.75) is 0 Å². The normalized spacial score (nSPS) is 12.9. The van der Waals surface area contributed by atoms with Gasteiger partial charge in [-0.1, -0.05) is 35.5 Å². The summed E-state index contributed by atoms with van der Waals surface area (Å²) < 4.78 is 5.87. The number of carbonyl (C=O) groups excluding carboxylic acids is 2. The number of phenols is 1. The zero-order chi connectivity index (χ0) is 17.0. The summed E-state index contributed by atoms with van der Waals surface area (Å²) in [6, 6.07) is 10.5. The van der Waals surface area contributed by atoms with Crippen LogP contribution in [0.1, 0.15) is 32.0 Å². The number of rotatable bonds is 1. The van der Waals surface area contributed by atoms with E-state index >= 15 is 0 Å². The number of aromatic nitrogens is 1. The zero-order valence-electron chi connectivity index (χ0n) is 11.8. The van der Waals surface area contributed by atoms with Crippen LogP contribution in [0.15, 0.2) is 49.9 Å². The van der Waals surface area contributed by atoms with Crippen LogP contribution in [0.5, 0.6) is 5.75 Å². The van der Waals surface area contributed by atoms with Crippen molar-refractivity contribution >= 4 is 43.4 Å². The van der Waals surface area contributed by atoms with Gasteiger partial charge in [-0.3, -0.25) is 9.59 Å². The number of aromatic hydroxyl groups is 1. The molecule has 0 amide bonds. The van der Waals surface area contributed by atoms with E-state index in [1.165, 1.54) is 6.07 Å². The number of nitrogens with zero attached hydrogens (tertiary/aromatic N) is 1. The molecule has 24 heavy (non-hydrogen) atoms. The number of ketones is 2. The number of halogens is 2. The fourth-order valence-electron chi connectivity index (χ4n) is 2.74. The summed E-state index contributed by atoms with van der Waals surface area (Å²) in [4.78, 5) is 25.7. The first-order valence-electron chi connectivity index (χ1n) is 6.86. The summed E-state index contributed by atoms with van der Waals surface area (Å²) in [5.74, 6) is -1.45. The van der Waals surface area contributed by atoms with E-state index < -0.39 is 11.6 Å². The second-order valence-corrected chi connectivity index (χ2v) is 6.91. The van der Waals surface area contributed by atoms with E-state index in [1.54, 1.807) is 24.3 Å². The molecular formula is C17H7Br2NO4. The maximum atomic E-state index is 13.0. The van der Waals surface area contributed by atoms with Crippen LogP contribution >= 0.6 is 31.9 Å². The van der Waals surface area contributed by atoms with Crippen molar-refractivity contribution in [3.63, 3.8) is 0 Å². The molecule has 118 valence electrons. The third-order valence-electron chi connectivity index (χ3n) is 3.83. The van der Waals surface area contributed by atoms with Crippen LogP contribution < -0.4 is 0 Å². The van der Waals surface area contributed by atoms with E-state index in [4.69, 9.17) is 4.52 Å². The second kappa shape index (κ2) is 5.39. The number of hydrogen-bond acceptors (Lipinski definition) is 5. The van der Waals surface area contributed by atoms with Crippen molar-refractivity contribution in [2.24, 2.45) is 0 Å². The summed E-state index contributed by atoms with van der Waals surface area (Å²) in [5, 5.41) is 14.1. The number of fused-ring (bicyclic) bond motifs is 2. The van der Waals surface area contributed by atoms with Crippen molar-refractivity contribution in [1.82, 2.24) is 5.16 Å². The number of phenolic OH excluding ortho intramolecular Hbond substituents is 1. The SMILES string of the molecule is O=C1c2c(-c3ccccc3)noc2C(=O)c2c(O)c(Br)cc(Br)c21. The van der Waals surface area contributed by atoms with Gasteiger partial charge in [-0.05, 0) is 37.9 Å². The summed E-state index contributed by atoms with van der Waals surface area (Å²) in [6.07, 6.45) is 0. The minimum absolute atomic E-state index is 0.0930. The highest BCUT2D eigenvalue weighted by molar-refractivity contribution is 9.11. The highest BCUT2D eigenvalue weighted by atomic mass is 79.9. The lowest BCUT2D eigenvalue weighted by Crippen LogP contribution is -2.21. The molecule has 1 aliphatic carbocycles. The predicted octanol–water partition coefficient (Wildman–Crippen LogP) is 4.35. The van der Waals surface area contributed by atoms with E-state index in [9.17, 15) is 14.7 Å². The van der Waals surface area contributed by atoms with E-state index in [0.717, 1.165) is 0 Å². The lowest BCUT2D eigenvalue weighted by molar-refractivity contribution is 0.0951. The minimum atomic E-state index is -0.575. The van der Waals surface area contributed by atoms with Gasteiger partial charge in [0.25, 0.3) is 0 Å². The van der Waals surface area contributed by atoms with Crippen molar-refractivity contribution in [3.05, 3.63) is 67.8 Å². The molecule has 0 bridgehead atoms. The average Bonchev–Trinajstić information content (AvgIpc) is 3.02. The topological polar surface area (TPSA) is 80.4 Å². The standard InChI is InChI=1S/C17H7Br2NO4/c18-8-6-9(19)14(21)11-10(8)15(22)12-13(7-4-2-1-3-5-7)20-24-17(12)16(11)23/h1-6,21H. The molecule has 0 radical (unpaired) electrons. The molecule has 7 heteroatoms. The molecule has 0 spiro atoms. The van der Waals surface area contributed by atoms with Gasteiger partial charge in [0.1, 0.15) is 17.0 Å². The summed E-state index contributed by atoms with van der Waals surface area (Å²) in [6.45, 7) is 0.